The molecule has 5 aromatic rings. The second-order valence-electron chi connectivity index (χ2n) is 8.01. The number of benzene rings is 3. The molecule has 0 radical (unpaired) electrons. The first-order chi connectivity index (χ1) is 15.5. The normalized spacial score (nSPS) is 11.0. The van der Waals surface area contributed by atoms with Gasteiger partial charge in [0.25, 0.3) is 0 Å². The largest absolute Gasteiger partial charge is 0.339 e. The van der Waals surface area contributed by atoms with E-state index >= 15 is 0 Å². The number of hydrogen-bond donors (Lipinski definition) is 3. The smallest absolute Gasteiger partial charge is 0.229 e. The topological polar surface area (TPSA) is 78.5 Å². The number of para-hydroxylation sites is 1. The van der Waals surface area contributed by atoms with E-state index in [1.165, 1.54) is 11.1 Å². The fraction of sp³-hybridized carbons (Fsp3) is 0.115. The summed E-state index contributed by atoms with van der Waals surface area (Å²) in [4.78, 5) is 9.53. The van der Waals surface area contributed by atoms with Crippen LogP contribution in [0.25, 0.3) is 22.2 Å². The van der Waals surface area contributed by atoms with E-state index in [0.717, 1.165) is 45.0 Å². The van der Waals surface area contributed by atoms with Crippen molar-refractivity contribution in [2.75, 3.05) is 10.6 Å². The molecule has 0 aliphatic carbocycles. The fourth-order valence-corrected chi connectivity index (χ4v) is 3.66. The van der Waals surface area contributed by atoms with Crippen LogP contribution in [0.2, 0.25) is 0 Å². The Labute approximate surface area is 186 Å². The molecule has 5 rings (SSSR count). The number of aryl methyl sites for hydroxylation is 3. The zero-order chi connectivity index (χ0) is 22.1. The van der Waals surface area contributed by atoms with Crippen LogP contribution >= 0.6 is 0 Å². The summed E-state index contributed by atoms with van der Waals surface area (Å²) in [5.41, 5.74) is 8.05. The molecule has 6 heteroatoms. The van der Waals surface area contributed by atoms with Gasteiger partial charge in [0.1, 0.15) is 5.82 Å². The molecule has 3 aromatic carbocycles. The number of aromatic amines is 1. The molecule has 0 saturated carbocycles. The van der Waals surface area contributed by atoms with Crippen LogP contribution in [-0.4, -0.2) is 20.2 Å². The Bertz CT molecular complexity index is 1400. The van der Waals surface area contributed by atoms with Crippen molar-refractivity contribution in [2.24, 2.45) is 0 Å². The molecule has 0 saturated heterocycles. The van der Waals surface area contributed by atoms with Crippen molar-refractivity contribution in [3.8, 4) is 11.3 Å². The van der Waals surface area contributed by atoms with Crippen LogP contribution < -0.4 is 10.6 Å². The summed E-state index contributed by atoms with van der Waals surface area (Å²) >= 11 is 0. The number of nitrogens with zero attached hydrogens (tertiary/aromatic N) is 3. The van der Waals surface area contributed by atoms with Crippen LogP contribution in [0.1, 0.15) is 16.8 Å². The highest BCUT2D eigenvalue weighted by molar-refractivity contribution is 5.93. The Kier molecular flexibility index (Phi) is 5.03. The summed E-state index contributed by atoms with van der Waals surface area (Å²) in [7, 11) is 0. The summed E-state index contributed by atoms with van der Waals surface area (Å²) in [5.74, 6) is 1.28. The molecular weight excluding hydrogens is 396 g/mol. The number of hydrogen-bond acceptors (Lipinski definition) is 5. The SMILES string of the molecule is Cc1ccc(Nc2nc(Nc3ccc(C)cc3-c3cc(C)[nH]n3)c3ccccc3n2)cc1. The van der Waals surface area contributed by atoms with E-state index in [-0.39, 0.29) is 0 Å². The maximum absolute atomic E-state index is 4.81. The van der Waals surface area contributed by atoms with Gasteiger partial charge in [-0.15, -0.1) is 0 Å². The predicted molar refractivity (Wildman–Crippen MR) is 131 cm³/mol. The standard InChI is InChI=1S/C26H24N6/c1-16-8-11-19(12-9-16)27-26-29-22-7-5-4-6-20(22)25(30-26)28-23-13-10-17(2)14-21(23)24-15-18(3)31-32-24/h4-15H,1-3H3,(H,31,32)(H2,27,28,29,30). The average Bonchev–Trinajstić information content (AvgIpc) is 3.23. The molecule has 6 nitrogen and oxygen atoms in total. The molecule has 3 N–H and O–H groups in total. The average molecular weight is 421 g/mol. The lowest BCUT2D eigenvalue weighted by Gasteiger charge is -2.14. The molecule has 0 spiro atoms. The minimum Gasteiger partial charge on any atom is -0.339 e. The van der Waals surface area contributed by atoms with Gasteiger partial charge in [-0.05, 0) is 63.2 Å². The van der Waals surface area contributed by atoms with Crippen LogP contribution in [0.5, 0.6) is 0 Å². The quantitative estimate of drug-likeness (QED) is 0.305. The summed E-state index contributed by atoms with van der Waals surface area (Å²) in [6.07, 6.45) is 0. The number of anilines is 4. The molecule has 0 aliphatic rings. The van der Waals surface area contributed by atoms with Gasteiger partial charge in [0.15, 0.2) is 0 Å². The van der Waals surface area contributed by atoms with E-state index in [1.807, 2.05) is 49.4 Å². The molecule has 0 bridgehead atoms. The maximum Gasteiger partial charge on any atom is 0.229 e. The highest BCUT2D eigenvalue weighted by Gasteiger charge is 2.13. The number of rotatable bonds is 5. The Morgan fingerprint density at radius 2 is 1.53 bits per heavy atom. The van der Waals surface area contributed by atoms with Gasteiger partial charge in [-0.25, -0.2) is 4.98 Å². The molecule has 2 heterocycles. The molecule has 32 heavy (non-hydrogen) atoms. The molecule has 0 atom stereocenters. The highest BCUT2D eigenvalue weighted by atomic mass is 15.2. The Hall–Kier alpha value is -4.19. The van der Waals surface area contributed by atoms with Crippen molar-refractivity contribution in [2.45, 2.75) is 20.8 Å². The van der Waals surface area contributed by atoms with Gasteiger partial charge in [0, 0.05) is 28.0 Å². The lowest BCUT2D eigenvalue weighted by Crippen LogP contribution is -2.03. The van der Waals surface area contributed by atoms with Crippen LogP contribution in [0.3, 0.4) is 0 Å². The Morgan fingerprint density at radius 3 is 2.31 bits per heavy atom. The third kappa shape index (κ3) is 4.03. The van der Waals surface area contributed by atoms with E-state index in [4.69, 9.17) is 9.97 Å². The number of H-pyrrole nitrogens is 1. The summed E-state index contributed by atoms with van der Waals surface area (Å²) < 4.78 is 0. The fourth-order valence-electron chi connectivity index (χ4n) is 3.66. The van der Waals surface area contributed by atoms with Gasteiger partial charge in [-0.1, -0.05) is 41.5 Å². The first-order valence-corrected chi connectivity index (χ1v) is 10.6. The highest BCUT2D eigenvalue weighted by Crippen LogP contribution is 2.33. The van der Waals surface area contributed by atoms with Gasteiger partial charge in [0.2, 0.25) is 5.95 Å². The Balaban J connectivity index is 1.58. The van der Waals surface area contributed by atoms with Crippen molar-refractivity contribution in [3.63, 3.8) is 0 Å². The van der Waals surface area contributed by atoms with E-state index in [0.29, 0.717) is 5.95 Å². The number of aromatic nitrogens is 4. The van der Waals surface area contributed by atoms with E-state index in [1.54, 1.807) is 0 Å². The predicted octanol–water partition coefficient (Wildman–Crippen LogP) is 6.43. The lowest BCUT2D eigenvalue weighted by atomic mass is 10.1. The van der Waals surface area contributed by atoms with Crippen molar-refractivity contribution in [1.82, 2.24) is 20.2 Å². The summed E-state index contributed by atoms with van der Waals surface area (Å²) in [5, 5.41) is 15.3. The molecule has 2 aromatic heterocycles. The second-order valence-corrected chi connectivity index (χ2v) is 8.01. The van der Waals surface area contributed by atoms with Gasteiger partial charge in [-0.3, -0.25) is 5.10 Å². The molecule has 0 amide bonds. The Morgan fingerprint density at radius 1 is 0.750 bits per heavy atom. The van der Waals surface area contributed by atoms with E-state index in [2.05, 4.69) is 65.0 Å². The monoisotopic (exact) mass is 420 g/mol. The maximum atomic E-state index is 4.81. The minimum absolute atomic E-state index is 0.541. The third-order valence-corrected chi connectivity index (χ3v) is 5.32. The van der Waals surface area contributed by atoms with Gasteiger partial charge < -0.3 is 10.6 Å². The van der Waals surface area contributed by atoms with E-state index in [9.17, 15) is 0 Å². The van der Waals surface area contributed by atoms with Crippen molar-refractivity contribution < 1.29 is 0 Å². The first-order valence-electron chi connectivity index (χ1n) is 10.6. The zero-order valence-electron chi connectivity index (χ0n) is 18.3. The van der Waals surface area contributed by atoms with E-state index < -0.39 is 0 Å². The van der Waals surface area contributed by atoms with Crippen molar-refractivity contribution in [1.29, 1.82) is 0 Å². The van der Waals surface area contributed by atoms with Gasteiger partial charge >= 0.3 is 0 Å². The lowest BCUT2D eigenvalue weighted by molar-refractivity contribution is 1.05. The first kappa shape index (κ1) is 19.8. The van der Waals surface area contributed by atoms with Crippen molar-refractivity contribution in [3.05, 3.63) is 89.6 Å². The van der Waals surface area contributed by atoms with Crippen LogP contribution in [0.15, 0.2) is 72.8 Å². The van der Waals surface area contributed by atoms with Gasteiger partial charge in [-0.2, -0.15) is 10.1 Å². The van der Waals surface area contributed by atoms with Crippen LogP contribution in [0.4, 0.5) is 23.1 Å². The molecule has 0 aliphatic heterocycles. The number of fused-ring (bicyclic) bond motifs is 1. The second kappa shape index (κ2) is 8.15. The minimum atomic E-state index is 0.541. The van der Waals surface area contributed by atoms with Crippen LogP contribution in [0, 0.1) is 20.8 Å². The third-order valence-electron chi connectivity index (χ3n) is 5.32. The molecule has 0 unspecified atom stereocenters. The molecular formula is C26H24N6. The van der Waals surface area contributed by atoms with Crippen molar-refractivity contribution >= 4 is 34.0 Å². The number of nitrogens with one attached hydrogen (secondary N) is 3. The zero-order valence-corrected chi connectivity index (χ0v) is 18.3. The summed E-state index contributed by atoms with van der Waals surface area (Å²) in [6.45, 7) is 6.15. The molecule has 158 valence electrons. The van der Waals surface area contributed by atoms with Gasteiger partial charge in [0.05, 0.1) is 11.2 Å². The molecule has 0 fully saturated rings. The summed E-state index contributed by atoms with van der Waals surface area (Å²) in [6, 6.07) is 24.5. The van der Waals surface area contributed by atoms with Crippen LogP contribution in [-0.2, 0) is 0 Å².